The van der Waals surface area contributed by atoms with Crippen molar-refractivity contribution >= 4 is 11.6 Å². The second-order valence-corrected chi connectivity index (χ2v) is 5.71. The van der Waals surface area contributed by atoms with Gasteiger partial charge in [0.1, 0.15) is 17.2 Å². The molecule has 0 atom stereocenters. The summed E-state index contributed by atoms with van der Waals surface area (Å²) < 4.78 is 15.7. The first-order chi connectivity index (χ1) is 13.1. The van der Waals surface area contributed by atoms with Gasteiger partial charge in [0.2, 0.25) is 0 Å². The molecule has 3 aromatic rings. The van der Waals surface area contributed by atoms with Gasteiger partial charge in [0.05, 0.1) is 32.6 Å². The van der Waals surface area contributed by atoms with Gasteiger partial charge in [0.15, 0.2) is 0 Å². The number of benzene rings is 2. The van der Waals surface area contributed by atoms with Crippen LogP contribution in [-0.4, -0.2) is 32.2 Å². The van der Waals surface area contributed by atoms with E-state index in [1.54, 1.807) is 44.7 Å². The van der Waals surface area contributed by atoms with E-state index in [0.717, 1.165) is 16.9 Å². The van der Waals surface area contributed by atoms with E-state index in [9.17, 15) is 4.79 Å². The molecular weight excluding hydrogens is 356 g/mol. The average molecular weight is 380 g/mol. The molecule has 0 spiro atoms. The summed E-state index contributed by atoms with van der Waals surface area (Å²) in [6.07, 6.45) is 3.23. The largest absolute Gasteiger partial charge is 0.497 e. The Morgan fingerprint density at radius 3 is 2.32 bits per heavy atom. The topological polar surface area (TPSA) is 69.7 Å². The lowest BCUT2D eigenvalue weighted by atomic mass is 10.1. The van der Waals surface area contributed by atoms with E-state index >= 15 is 0 Å². The molecule has 0 aliphatic heterocycles. The van der Waals surface area contributed by atoms with E-state index in [0.29, 0.717) is 22.7 Å². The number of carbonyl (C=O) groups excluding carboxylic acids is 1. The van der Waals surface area contributed by atoms with Gasteiger partial charge in [-0.05, 0) is 35.9 Å². The van der Waals surface area contributed by atoms with Crippen molar-refractivity contribution < 1.29 is 19.0 Å². The Morgan fingerprint density at radius 2 is 1.61 bits per heavy atom. The molecule has 0 radical (unpaired) electrons. The van der Waals surface area contributed by atoms with Crippen molar-refractivity contribution in [3.8, 4) is 28.4 Å². The van der Waals surface area contributed by atoms with E-state index in [-0.39, 0.29) is 13.3 Å². The number of anilines is 1. The van der Waals surface area contributed by atoms with Crippen LogP contribution >= 0.6 is 0 Å². The number of aromatic nitrogens is 1. The molecule has 0 aliphatic rings. The number of hydrogen-bond donors (Lipinski definition) is 1. The van der Waals surface area contributed by atoms with Crippen LogP contribution in [0, 0.1) is 0 Å². The monoisotopic (exact) mass is 380 g/mol. The zero-order chi connectivity index (χ0) is 19.2. The highest BCUT2D eigenvalue weighted by atomic mass is 16.5. The number of nitrogens with one attached hydrogen (secondary N) is 1. The van der Waals surface area contributed by atoms with Gasteiger partial charge >= 0.3 is 0 Å². The van der Waals surface area contributed by atoms with Crippen molar-refractivity contribution in [3.05, 3.63) is 66.5 Å². The van der Waals surface area contributed by atoms with Crippen molar-refractivity contribution in [1.82, 2.24) is 4.98 Å². The zero-order valence-corrected chi connectivity index (χ0v) is 15.4. The molecule has 0 saturated heterocycles. The molecule has 0 saturated carbocycles. The fourth-order valence-corrected chi connectivity index (χ4v) is 2.62. The SMILES string of the molecule is C.COc1cccc(-c2cncc(C(=O)Nc3ccc(OC)cc3OC)c2)c1. The first-order valence-electron chi connectivity index (χ1n) is 8.27. The molecular formula is C22H24N2O4. The molecule has 28 heavy (non-hydrogen) atoms. The first-order valence-corrected chi connectivity index (χ1v) is 8.27. The zero-order valence-electron chi connectivity index (χ0n) is 15.4. The Morgan fingerprint density at radius 1 is 0.857 bits per heavy atom. The van der Waals surface area contributed by atoms with Crippen LogP contribution in [0.25, 0.3) is 11.1 Å². The van der Waals surface area contributed by atoms with Crippen molar-refractivity contribution in [2.45, 2.75) is 7.43 Å². The summed E-state index contributed by atoms with van der Waals surface area (Å²) >= 11 is 0. The lowest BCUT2D eigenvalue weighted by molar-refractivity contribution is 0.102. The highest BCUT2D eigenvalue weighted by molar-refractivity contribution is 6.05. The minimum Gasteiger partial charge on any atom is -0.497 e. The van der Waals surface area contributed by atoms with E-state index in [1.807, 2.05) is 24.3 Å². The summed E-state index contributed by atoms with van der Waals surface area (Å²) in [6.45, 7) is 0. The van der Waals surface area contributed by atoms with Crippen LogP contribution in [0.2, 0.25) is 0 Å². The number of ether oxygens (including phenoxy) is 3. The lowest BCUT2D eigenvalue weighted by Gasteiger charge is -2.12. The minimum absolute atomic E-state index is 0. The van der Waals surface area contributed by atoms with Crippen LogP contribution in [0.4, 0.5) is 5.69 Å². The molecule has 0 aliphatic carbocycles. The van der Waals surface area contributed by atoms with Crippen molar-refractivity contribution in [1.29, 1.82) is 0 Å². The molecule has 3 rings (SSSR count). The Labute approximate surface area is 165 Å². The van der Waals surface area contributed by atoms with E-state index in [2.05, 4.69) is 10.3 Å². The molecule has 0 bridgehead atoms. The summed E-state index contributed by atoms with van der Waals surface area (Å²) in [5, 5.41) is 2.85. The van der Waals surface area contributed by atoms with E-state index in [1.165, 1.54) is 13.3 Å². The normalized spacial score (nSPS) is 9.82. The Hall–Kier alpha value is -3.54. The van der Waals surface area contributed by atoms with Gasteiger partial charge in [-0.3, -0.25) is 9.78 Å². The molecule has 6 heteroatoms. The summed E-state index contributed by atoms with van der Waals surface area (Å²) in [6, 6.07) is 14.6. The molecule has 0 unspecified atom stereocenters. The molecule has 1 heterocycles. The number of carbonyl (C=O) groups is 1. The smallest absolute Gasteiger partial charge is 0.257 e. The Kier molecular flexibility index (Phi) is 6.98. The average Bonchev–Trinajstić information content (AvgIpc) is 2.74. The molecule has 2 aromatic carbocycles. The van der Waals surface area contributed by atoms with Gasteiger partial charge in [-0.25, -0.2) is 0 Å². The highest BCUT2D eigenvalue weighted by Gasteiger charge is 2.12. The molecule has 6 nitrogen and oxygen atoms in total. The standard InChI is InChI=1S/C21H20N2O4.CH4/c1-25-17-6-4-5-14(10-17)15-9-16(13-22-12-15)21(24)23-19-8-7-18(26-2)11-20(19)27-3;/h4-13H,1-3H3,(H,23,24);1H4. The fraction of sp³-hybridized carbons (Fsp3) is 0.182. The second kappa shape index (κ2) is 9.41. The van der Waals surface area contributed by atoms with Crippen LogP contribution in [0.15, 0.2) is 60.9 Å². The van der Waals surface area contributed by atoms with E-state index < -0.39 is 0 Å². The second-order valence-electron chi connectivity index (χ2n) is 5.71. The van der Waals surface area contributed by atoms with Crippen LogP contribution in [0.5, 0.6) is 17.2 Å². The molecule has 1 aromatic heterocycles. The third-order valence-electron chi connectivity index (χ3n) is 4.06. The first kappa shape index (κ1) is 20.8. The Bertz CT molecular complexity index is 957. The third-order valence-corrected chi connectivity index (χ3v) is 4.06. The van der Waals surface area contributed by atoms with Crippen molar-refractivity contribution in [2.75, 3.05) is 26.6 Å². The number of methoxy groups -OCH3 is 3. The lowest BCUT2D eigenvalue weighted by Crippen LogP contribution is -2.13. The summed E-state index contributed by atoms with van der Waals surface area (Å²) in [4.78, 5) is 16.9. The van der Waals surface area contributed by atoms with Gasteiger partial charge in [0.25, 0.3) is 5.91 Å². The van der Waals surface area contributed by atoms with E-state index in [4.69, 9.17) is 14.2 Å². The predicted octanol–water partition coefficient (Wildman–Crippen LogP) is 4.66. The van der Waals surface area contributed by atoms with Crippen LogP contribution in [-0.2, 0) is 0 Å². The maximum absolute atomic E-state index is 12.7. The van der Waals surface area contributed by atoms with Gasteiger partial charge in [-0.15, -0.1) is 0 Å². The third kappa shape index (κ3) is 4.59. The molecule has 0 fully saturated rings. The molecule has 1 amide bonds. The minimum atomic E-state index is -0.282. The van der Waals surface area contributed by atoms with Gasteiger partial charge in [-0.1, -0.05) is 19.6 Å². The van der Waals surface area contributed by atoms with Gasteiger partial charge in [-0.2, -0.15) is 0 Å². The van der Waals surface area contributed by atoms with Gasteiger partial charge < -0.3 is 19.5 Å². The van der Waals surface area contributed by atoms with Crippen LogP contribution in [0.3, 0.4) is 0 Å². The summed E-state index contributed by atoms with van der Waals surface area (Å²) in [5.41, 5.74) is 2.73. The van der Waals surface area contributed by atoms with Crippen LogP contribution in [0.1, 0.15) is 17.8 Å². The maximum Gasteiger partial charge on any atom is 0.257 e. The number of rotatable bonds is 6. The number of amides is 1. The number of pyridine rings is 1. The predicted molar refractivity (Wildman–Crippen MR) is 110 cm³/mol. The van der Waals surface area contributed by atoms with Crippen LogP contribution < -0.4 is 19.5 Å². The quantitative estimate of drug-likeness (QED) is 0.673. The molecule has 1 N–H and O–H groups in total. The fourth-order valence-electron chi connectivity index (χ4n) is 2.62. The van der Waals surface area contributed by atoms with Crippen molar-refractivity contribution in [2.24, 2.45) is 0 Å². The maximum atomic E-state index is 12.7. The number of nitrogens with zero attached hydrogens (tertiary/aromatic N) is 1. The van der Waals surface area contributed by atoms with Gasteiger partial charge in [0, 0.05) is 24.0 Å². The highest BCUT2D eigenvalue weighted by Crippen LogP contribution is 2.30. The Balaban J connectivity index is 0.00000280. The summed E-state index contributed by atoms with van der Waals surface area (Å²) in [7, 11) is 4.72. The summed E-state index contributed by atoms with van der Waals surface area (Å²) in [5.74, 6) is 1.62. The number of hydrogen-bond acceptors (Lipinski definition) is 5. The van der Waals surface area contributed by atoms with Crippen molar-refractivity contribution in [3.63, 3.8) is 0 Å². The molecule has 146 valence electrons.